The number of carbonyl (C=O) groups excluding carboxylic acids is 1. The second-order valence-electron chi connectivity index (χ2n) is 13.6. The molecule has 0 aromatic heterocycles. The number of aliphatic imine (C=N–C) groups is 1. The standard InChI is InChI=1S/C39H50N4O16/c1-3-41-23-18-25(24(17-22(23)34(50)51)56-19-43-38(40)42-14-7-8-15-44)57-36-29(47)28(46)33(49)39(59-36)13-11-21-26(35(52)58-37(39)53)27(45)32(30(48)31(21)54-2)55-16-12-20-9-5-4-6-10-20/h4-6,9-10,17-18,28-29,33,36-37,41,44-49,53H,3,7-8,11-16,19H2,1-2H3,(H,50,51)(H3,40,42,43)/t28-,29-,33+,36-,37-,39+/m1/s1. The van der Waals surface area contributed by atoms with Crippen LogP contribution in [0.2, 0.25) is 0 Å². The van der Waals surface area contributed by atoms with Crippen molar-refractivity contribution in [3.05, 3.63) is 64.7 Å². The monoisotopic (exact) mass is 830 g/mol. The molecule has 59 heavy (non-hydrogen) atoms. The van der Waals surface area contributed by atoms with Crippen LogP contribution in [0.15, 0.2) is 47.5 Å². The van der Waals surface area contributed by atoms with Gasteiger partial charge in [-0.1, -0.05) is 30.3 Å². The molecule has 2 aliphatic rings. The van der Waals surface area contributed by atoms with E-state index in [-0.39, 0.29) is 66.2 Å². The number of ether oxygens (including phenoxy) is 6. The molecule has 0 saturated carbocycles. The Hall–Kier alpha value is -5.77. The van der Waals surface area contributed by atoms with Crippen molar-refractivity contribution in [3.63, 3.8) is 0 Å². The number of nitrogens with zero attached hydrogens (tertiary/aromatic N) is 1. The molecule has 0 aliphatic carbocycles. The van der Waals surface area contributed by atoms with Crippen molar-refractivity contribution in [3.8, 4) is 34.5 Å². The van der Waals surface area contributed by atoms with E-state index < -0.39 is 84.4 Å². The predicted octanol–water partition coefficient (Wildman–Crippen LogP) is 0.549. The van der Waals surface area contributed by atoms with E-state index in [0.29, 0.717) is 25.8 Å². The van der Waals surface area contributed by atoms with Crippen LogP contribution in [0.4, 0.5) is 5.69 Å². The molecule has 0 radical (unpaired) electrons. The van der Waals surface area contributed by atoms with Crippen LogP contribution in [0.5, 0.6) is 34.5 Å². The molecule has 12 N–H and O–H groups in total. The van der Waals surface area contributed by atoms with Crippen molar-refractivity contribution in [1.29, 1.82) is 0 Å². The largest absolute Gasteiger partial charge is 0.504 e. The quantitative estimate of drug-likeness (QED) is 0.0383. The molecule has 1 fully saturated rings. The third-order valence-electron chi connectivity index (χ3n) is 9.81. The van der Waals surface area contributed by atoms with Gasteiger partial charge in [-0.3, -0.25) is 0 Å². The van der Waals surface area contributed by atoms with Gasteiger partial charge in [0.1, 0.15) is 23.9 Å². The number of cyclic esters (lactones) is 1. The first-order valence-electron chi connectivity index (χ1n) is 18.8. The topological polar surface area (TPSA) is 314 Å². The number of aromatic hydroxyl groups is 2. The van der Waals surface area contributed by atoms with Gasteiger partial charge in [-0.05, 0) is 38.2 Å². The second kappa shape index (κ2) is 19.8. The van der Waals surface area contributed by atoms with E-state index in [9.17, 15) is 45.3 Å². The molecule has 3 aromatic carbocycles. The molecule has 0 unspecified atom stereocenters. The number of unbranched alkanes of at least 4 members (excludes halogenated alkanes) is 1. The molecule has 20 nitrogen and oxygen atoms in total. The zero-order valence-corrected chi connectivity index (χ0v) is 32.4. The first-order chi connectivity index (χ1) is 28.3. The van der Waals surface area contributed by atoms with Crippen molar-refractivity contribution in [1.82, 2.24) is 5.32 Å². The van der Waals surface area contributed by atoms with Gasteiger partial charge in [0.15, 0.2) is 41.3 Å². The van der Waals surface area contributed by atoms with Gasteiger partial charge in [-0.15, -0.1) is 0 Å². The molecular formula is C39H50N4O16. The summed E-state index contributed by atoms with van der Waals surface area (Å²) in [6.45, 7) is 1.91. The smallest absolute Gasteiger partial charge is 0.344 e. The lowest BCUT2D eigenvalue weighted by Crippen LogP contribution is -2.70. The number of aliphatic hydroxyl groups is 5. The number of phenols is 2. The van der Waals surface area contributed by atoms with Crippen molar-refractivity contribution < 1.29 is 78.9 Å². The minimum atomic E-state index is -2.44. The molecular weight excluding hydrogens is 780 g/mol. The molecule has 322 valence electrons. The molecule has 2 aliphatic heterocycles. The number of guanidine groups is 1. The van der Waals surface area contributed by atoms with Crippen LogP contribution >= 0.6 is 0 Å². The van der Waals surface area contributed by atoms with Gasteiger partial charge in [0.2, 0.25) is 24.1 Å². The van der Waals surface area contributed by atoms with Gasteiger partial charge in [-0.25, -0.2) is 14.6 Å². The number of methoxy groups -OCH3 is 1. The van der Waals surface area contributed by atoms with Crippen molar-refractivity contribution in [2.45, 2.75) is 75.5 Å². The van der Waals surface area contributed by atoms with E-state index in [0.717, 1.165) is 11.6 Å². The van der Waals surface area contributed by atoms with Crippen molar-refractivity contribution in [2.75, 3.05) is 45.5 Å². The molecule has 2 heterocycles. The van der Waals surface area contributed by atoms with E-state index in [1.165, 1.54) is 13.2 Å². The van der Waals surface area contributed by atoms with Crippen molar-refractivity contribution in [2.24, 2.45) is 10.7 Å². The van der Waals surface area contributed by atoms with Crippen LogP contribution in [0, 0.1) is 0 Å². The summed E-state index contributed by atoms with van der Waals surface area (Å²) in [6, 6.07) is 11.5. The van der Waals surface area contributed by atoms with Gasteiger partial charge in [0, 0.05) is 43.8 Å². The summed E-state index contributed by atoms with van der Waals surface area (Å²) in [5, 5.41) is 92.2. The molecule has 1 saturated heterocycles. The zero-order chi connectivity index (χ0) is 42.9. The number of aromatic carboxylic acids is 1. The number of carbonyl (C=O) groups is 2. The number of esters is 1. The molecule has 20 heteroatoms. The summed E-state index contributed by atoms with van der Waals surface area (Å²) >= 11 is 0. The average molecular weight is 831 g/mol. The maximum absolute atomic E-state index is 13.7. The Balaban J connectivity index is 1.46. The van der Waals surface area contributed by atoms with Gasteiger partial charge >= 0.3 is 11.9 Å². The molecule has 1 spiro atoms. The number of carboxylic acid groups (broad SMARTS) is 1. The highest BCUT2D eigenvalue weighted by molar-refractivity contribution is 5.97. The number of benzene rings is 3. The number of anilines is 1. The lowest BCUT2D eigenvalue weighted by molar-refractivity contribution is -0.357. The highest BCUT2D eigenvalue weighted by Crippen LogP contribution is 2.51. The summed E-state index contributed by atoms with van der Waals surface area (Å²) in [6.07, 6.45) is -9.97. The van der Waals surface area contributed by atoms with Crippen LogP contribution < -0.4 is 35.3 Å². The fourth-order valence-corrected chi connectivity index (χ4v) is 6.74. The summed E-state index contributed by atoms with van der Waals surface area (Å²) in [5.74, 6) is -5.42. The molecule has 5 rings (SSSR count). The van der Waals surface area contributed by atoms with E-state index >= 15 is 0 Å². The molecule has 6 atom stereocenters. The molecule has 0 bridgehead atoms. The van der Waals surface area contributed by atoms with Crippen LogP contribution in [0.3, 0.4) is 0 Å². The Morgan fingerprint density at radius 3 is 2.44 bits per heavy atom. The maximum Gasteiger partial charge on any atom is 0.344 e. The van der Waals surface area contributed by atoms with E-state index in [2.05, 4.69) is 15.6 Å². The fraction of sp³-hybridized carbons (Fsp3) is 0.462. The normalized spacial score (nSPS) is 23.0. The summed E-state index contributed by atoms with van der Waals surface area (Å²) in [4.78, 5) is 30.0. The number of carboxylic acids is 1. The Labute approximate surface area is 338 Å². The summed E-state index contributed by atoms with van der Waals surface area (Å²) in [5.41, 5.74) is 3.53. The lowest BCUT2D eigenvalue weighted by Gasteiger charge is -2.50. The SMILES string of the molecule is CCNc1cc(O[C@@H]2O[C@@]3(CCc4c(OC)c(O)c(OCCc5ccccc5)c(O)c4C(=O)O[C@H]3O)[C@@H](O)[C@H](O)[C@H]2O)c(OCN=C(N)NCCCCO)cc1C(=O)O. The predicted molar refractivity (Wildman–Crippen MR) is 207 cm³/mol. The van der Waals surface area contributed by atoms with Gasteiger partial charge in [0.25, 0.3) is 0 Å². The van der Waals surface area contributed by atoms with Gasteiger partial charge in [0.05, 0.1) is 25.0 Å². The Bertz CT molecular complexity index is 1970. The highest BCUT2D eigenvalue weighted by atomic mass is 16.7. The third kappa shape index (κ3) is 9.75. The average Bonchev–Trinajstić information content (AvgIpc) is 3.21. The number of phenolic OH excluding ortho intramolecular Hbond substituents is 2. The third-order valence-corrected chi connectivity index (χ3v) is 9.81. The number of hydrogen-bond donors (Lipinski definition) is 11. The van der Waals surface area contributed by atoms with Crippen LogP contribution in [0.1, 0.15) is 58.0 Å². The zero-order valence-electron chi connectivity index (χ0n) is 32.4. The molecule has 3 aromatic rings. The summed E-state index contributed by atoms with van der Waals surface area (Å²) in [7, 11) is 1.19. The van der Waals surface area contributed by atoms with E-state index in [1.54, 1.807) is 6.92 Å². The van der Waals surface area contributed by atoms with Crippen molar-refractivity contribution >= 4 is 23.6 Å². The number of nitrogens with one attached hydrogen (secondary N) is 2. The number of aliphatic hydroxyl groups excluding tert-OH is 5. The van der Waals surface area contributed by atoms with Gasteiger partial charge in [-0.2, -0.15) is 0 Å². The summed E-state index contributed by atoms with van der Waals surface area (Å²) < 4.78 is 34.3. The Kier molecular flexibility index (Phi) is 14.9. The maximum atomic E-state index is 13.7. The number of nitrogens with two attached hydrogens (primary N) is 1. The first kappa shape index (κ1) is 44.3. The second-order valence-corrected chi connectivity index (χ2v) is 13.6. The van der Waals surface area contributed by atoms with E-state index in [1.807, 2.05) is 30.3 Å². The van der Waals surface area contributed by atoms with Gasteiger partial charge < -0.3 is 85.6 Å². The van der Waals surface area contributed by atoms with Crippen LogP contribution in [-0.2, 0) is 22.3 Å². The minimum Gasteiger partial charge on any atom is -0.504 e. The Morgan fingerprint density at radius 2 is 1.76 bits per heavy atom. The van der Waals surface area contributed by atoms with E-state index in [4.69, 9.17) is 39.3 Å². The highest BCUT2D eigenvalue weighted by Gasteiger charge is 2.60. The minimum absolute atomic E-state index is 0.00462. The fourth-order valence-electron chi connectivity index (χ4n) is 6.74. The Morgan fingerprint density at radius 1 is 1.02 bits per heavy atom. The van der Waals surface area contributed by atoms with Crippen LogP contribution in [0.25, 0.3) is 0 Å². The first-order valence-corrected chi connectivity index (χ1v) is 18.8. The number of hydrogen-bond acceptors (Lipinski definition) is 17. The number of fused-ring (bicyclic) bond motifs is 1. The van der Waals surface area contributed by atoms with Crippen LogP contribution in [-0.4, -0.2) is 135 Å². The lowest BCUT2D eigenvalue weighted by atomic mass is 9.80. The molecule has 0 amide bonds. The number of rotatable bonds is 17.